The number of benzene rings is 2. The molecular weight excluding hydrogens is 394 g/mol. The van der Waals surface area contributed by atoms with Crippen molar-refractivity contribution in [1.29, 1.82) is 0 Å². The lowest BCUT2D eigenvalue weighted by atomic mass is 10.0. The smallest absolute Gasteiger partial charge is 0.141 e. The van der Waals surface area contributed by atoms with Gasteiger partial charge in [-0.3, -0.25) is 4.79 Å². The number of hydrogen-bond acceptors (Lipinski definition) is 1. The van der Waals surface area contributed by atoms with Gasteiger partial charge in [0.25, 0.3) is 0 Å². The molecule has 0 aromatic heterocycles. The monoisotopic (exact) mass is 404 g/mol. The SMILES string of the molecule is O=C(Cc1ccc(I)cc1)Cc1c(Cl)cccc1Cl. The van der Waals surface area contributed by atoms with Crippen LogP contribution in [0, 0.1) is 3.57 Å². The van der Waals surface area contributed by atoms with Crippen molar-refractivity contribution in [1.82, 2.24) is 0 Å². The maximum atomic E-state index is 12.1. The fraction of sp³-hybridized carbons (Fsp3) is 0.133. The molecular formula is C15H11Cl2IO. The van der Waals surface area contributed by atoms with Crippen LogP contribution in [0.4, 0.5) is 0 Å². The van der Waals surface area contributed by atoms with Gasteiger partial charge in [0.05, 0.1) is 0 Å². The molecule has 0 aliphatic rings. The van der Waals surface area contributed by atoms with Crippen LogP contribution in [0.3, 0.4) is 0 Å². The van der Waals surface area contributed by atoms with E-state index in [1.807, 2.05) is 24.3 Å². The second-order valence-electron chi connectivity index (χ2n) is 4.22. The van der Waals surface area contributed by atoms with Crippen molar-refractivity contribution >= 4 is 51.6 Å². The quantitative estimate of drug-likeness (QED) is 0.658. The number of rotatable bonds is 4. The van der Waals surface area contributed by atoms with E-state index in [1.165, 1.54) is 0 Å². The Morgan fingerprint density at radius 2 is 1.53 bits per heavy atom. The molecule has 0 aliphatic carbocycles. The normalized spacial score (nSPS) is 10.5. The lowest BCUT2D eigenvalue weighted by Gasteiger charge is -2.06. The lowest BCUT2D eigenvalue weighted by Crippen LogP contribution is -2.07. The van der Waals surface area contributed by atoms with E-state index in [0.717, 1.165) is 9.13 Å². The van der Waals surface area contributed by atoms with Gasteiger partial charge in [0, 0.05) is 26.5 Å². The molecule has 0 fully saturated rings. The summed E-state index contributed by atoms with van der Waals surface area (Å²) >= 11 is 14.4. The molecule has 1 nitrogen and oxygen atoms in total. The molecule has 19 heavy (non-hydrogen) atoms. The molecule has 0 bridgehead atoms. The third kappa shape index (κ3) is 4.20. The van der Waals surface area contributed by atoms with Crippen LogP contribution < -0.4 is 0 Å². The second kappa shape index (κ2) is 6.73. The summed E-state index contributed by atoms with van der Waals surface area (Å²) in [4.78, 5) is 12.1. The van der Waals surface area contributed by atoms with E-state index in [4.69, 9.17) is 23.2 Å². The molecule has 2 aromatic carbocycles. The Kier molecular flexibility index (Phi) is 5.25. The zero-order valence-corrected chi connectivity index (χ0v) is 13.7. The van der Waals surface area contributed by atoms with Crippen LogP contribution in [0.1, 0.15) is 11.1 Å². The lowest BCUT2D eigenvalue weighted by molar-refractivity contribution is -0.117. The van der Waals surface area contributed by atoms with Gasteiger partial charge in [0.1, 0.15) is 5.78 Å². The van der Waals surface area contributed by atoms with E-state index in [9.17, 15) is 4.79 Å². The van der Waals surface area contributed by atoms with Gasteiger partial charge in [-0.05, 0) is 58.0 Å². The van der Waals surface area contributed by atoms with E-state index in [2.05, 4.69) is 22.6 Å². The summed E-state index contributed by atoms with van der Waals surface area (Å²) in [5.41, 5.74) is 1.72. The predicted octanol–water partition coefficient (Wildman–Crippen LogP) is 4.95. The Bertz CT molecular complexity index is 573. The van der Waals surface area contributed by atoms with Crippen molar-refractivity contribution in [2.45, 2.75) is 12.8 Å². The van der Waals surface area contributed by atoms with Crippen LogP contribution in [-0.2, 0) is 17.6 Å². The van der Waals surface area contributed by atoms with Crippen molar-refractivity contribution in [2.75, 3.05) is 0 Å². The highest BCUT2D eigenvalue weighted by Gasteiger charge is 2.11. The molecule has 2 rings (SSSR count). The highest BCUT2D eigenvalue weighted by atomic mass is 127. The van der Waals surface area contributed by atoms with Crippen molar-refractivity contribution in [3.8, 4) is 0 Å². The summed E-state index contributed by atoms with van der Waals surface area (Å²) in [7, 11) is 0. The van der Waals surface area contributed by atoms with E-state index in [1.54, 1.807) is 18.2 Å². The number of ketones is 1. The van der Waals surface area contributed by atoms with Gasteiger partial charge in [-0.1, -0.05) is 41.4 Å². The molecule has 0 amide bonds. The van der Waals surface area contributed by atoms with Crippen LogP contribution >= 0.6 is 45.8 Å². The zero-order valence-electron chi connectivity index (χ0n) is 10.00. The minimum Gasteiger partial charge on any atom is -0.299 e. The van der Waals surface area contributed by atoms with Gasteiger partial charge in [-0.25, -0.2) is 0 Å². The molecule has 0 unspecified atom stereocenters. The van der Waals surface area contributed by atoms with Crippen molar-refractivity contribution in [3.63, 3.8) is 0 Å². The summed E-state index contributed by atoms with van der Waals surface area (Å²) in [6, 6.07) is 13.2. The maximum Gasteiger partial charge on any atom is 0.141 e. The van der Waals surface area contributed by atoms with Gasteiger partial charge < -0.3 is 0 Å². The largest absolute Gasteiger partial charge is 0.299 e. The summed E-state index contributed by atoms with van der Waals surface area (Å²) in [5.74, 6) is 0.108. The Morgan fingerprint density at radius 1 is 0.947 bits per heavy atom. The van der Waals surface area contributed by atoms with Crippen molar-refractivity contribution in [3.05, 3.63) is 67.2 Å². The fourth-order valence-corrected chi connectivity index (χ4v) is 2.68. The molecule has 0 saturated carbocycles. The minimum absolute atomic E-state index is 0.108. The van der Waals surface area contributed by atoms with E-state index in [-0.39, 0.29) is 12.2 Å². The number of carbonyl (C=O) groups excluding carboxylic acids is 1. The van der Waals surface area contributed by atoms with Gasteiger partial charge in [-0.15, -0.1) is 0 Å². The first-order valence-electron chi connectivity index (χ1n) is 5.75. The molecule has 4 heteroatoms. The number of Topliss-reactive ketones (excluding diaryl/α,β-unsaturated/α-hetero) is 1. The number of hydrogen-bond donors (Lipinski definition) is 0. The first kappa shape index (κ1) is 14.8. The molecule has 98 valence electrons. The van der Waals surface area contributed by atoms with Crippen LogP contribution in [0.25, 0.3) is 0 Å². The van der Waals surface area contributed by atoms with Gasteiger partial charge >= 0.3 is 0 Å². The summed E-state index contributed by atoms with van der Waals surface area (Å²) < 4.78 is 1.16. The number of halogens is 3. The van der Waals surface area contributed by atoms with E-state index >= 15 is 0 Å². The fourth-order valence-electron chi connectivity index (χ4n) is 1.79. The Balaban J connectivity index is 2.07. The average molecular weight is 405 g/mol. The maximum absolute atomic E-state index is 12.1. The van der Waals surface area contributed by atoms with Gasteiger partial charge in [0.15, 0.2) is 0 Å². The second-order valence-corrected chi connectivity index (χ2v) is 6.28. The third-order valence-electron chi connectivity index (χ3n) is 2.75. The van der Waals surface area contributed by atoms with Crippen LogP contribution in [0.2, 0.25) is 10.0 Å². The molecule has 0 atom stereocenters. The van der Waals surface area contributed by atoms with E-state index in [0.29, 0.717) is 22.0 Å². The predicted molar refractivity (Wildman–Crippen MR) is 88.0 cm³/mol. The van der Waals surface area contributed by atoms with Crippen LogP contribution in [-0.4, -0.2) is 5.78 Å². The first-order chi connectivity index (χ1) is 9.06. The first-order valence-corrected chi connectivity index (χ1v) is 7.59. The Morgan fingerprint density at radius 3 is 2.11 bits per heavy atom. The topological polar surface area (TPSA) is 17.1 Å². The molecule has 0 saturated heterocycles. The minimum atomic E-state index is 0.108. The molecule has 2 aromatic rings. The van der Waals surface area contributed by atoms with Crippen LogP contribution in [0.5, 0.6) is 0 Å². The molecule has 0 aliphatic heterocycles. The van der Waals surface area contributed by atoms with E-state index < -0.39 is 0 Å². The highest BCUT2D eigenvalue weighted by molar-refractivity contribution is 14.1. The van der Waals surface area contributed by atoms with Gasteiger partial charge in [0.2, 0.25) is 0 Å². The zero-order chi connectivity index (χ0) is 13.8. The van der Waals surface area contributed by atoms with Crippen molar-refractivity contribution in [2.24, 2.45) is 0 Å². The number of carbonyl (C=O) groups is 1. The van der Waals surface area contributed by atoms with Crippen LogP contribution in [0.15, 0.2) is 42.5 Å². The van der Waals surface area contributed by atoms with Crippen molar-refractivity contribution < 1.29 is 4.79 Å². The Hall–Kier alpha value is -0.580. The molecule has 0 heterocycles. The molecule has 0 spiro atoms. The standard InChI is InChI=1S/C15H11Cl2IO/c16-14-2-1-3-15(17)13(14)9-12(19)8-10-4-6-11(18)7-5-10/h1-7H,8-9H2. The Labute approximate surface area is 136 Å². The highest BCUT2D eigenvalue weighted by Crippen LogP contribution is 2.25. The molecule has 0 radical (unpaired) electrons. The van der Waals surface area contributed by atoms with Gasteiger partial charge in [-0.2, -0.15) is 0 Å². The molecule has 0 N–H and O–H groups in total. The third-order valence-corrected chi connectivity index (χ3v) is 4.18. The average Bonchev–Trinajstić information content (AvgIpc) is 2.37. The summed E-state index contributed by atoms with van der Waals surface area (Å²) in [6.45, 7) is 0. The summed E-state index contributed by atoms with van der Waals surface area (Å²) in [5, 5.41) is 1.09. The summed E-state index contributed by atoms with van der Waals surface area (Å²) in [6.07, 6.45) is 0.670.